The number of carbonyl (C=O) groups excluding carboxylic acids is 1. The molecule has 0 heterocycles. The maximum atomic E-state index is 12.5. The number of nitrogens with one attached hydrogen (secondary N) is 2. The molecule has 0 aromatic heterocycles. The number of rotatable bonds is 6. The second-order valence-electron chi connectivity index (χ2n) is 7.17. The predicted molar refractivity (Wildman–Crippen MR) is 101 cm³/mol. The first-order valence-corrected chi connectivity index (χ1v) is 10.6. The molecule has 0 spiro atoms. The Morgan fingerprint density at radius 2 is 1.80 bits per heavy atom. The van der Waals surface area contributed by atoms with E-state index < -0.39 is 10.0 Å². The second-order valence-corrected chi connectivity index (χ2v) is 8.92. The largest absolute Gasteiger partial charge is 0.350 e. The van der Waals surface area contributed by atoms with Crippen LogP contribution in [-0.4, -0.2) is 51.7 Å². The molecule has 1 aliphatic rings. The van der Waals surface area contributed by atoms with Crippen molar-refractivity contribution in [3.05, 3.63) is 29.8 Å². The van der Waals surface area contributed by atoms with E-state index in [9.17, 15) is 13.2 Å². The SMILES string of the molecule is CN(C)C1(CNC(=O)c2cccc(NS(C)(=O)=O)c2)CCCCCC1. The van der Waals surface area contributed by atoms with Crippen LogP contribution in [-0.2, 0) is 10.0 Å². The van der Waals surface area contributed by atoms with Gasteiger partial charge in [-0.25, -0.2) is 8.42 Å². The number of benzene rings is 1. The lowest BCUT2D eigenvalue weighted by molar-refractivity contribution is 0.0869. The smallest absolute Gasteiger partial charge is 0.251 e. The van der Waals surface area contributed by atoms with Gasteiger partial charge in [0.15, 0.2) is 0 Å². The van der Waals surface area contributed by atoms with Crippen molar-refractivity contribution in [2.45, 2.75) is 44.1 Å². The van der Waals surface area contributed by atoms with Gasteiger partial charge >= 0.3 is 0 Å². The summed E-state index contributed by atoms with van der Waals surface area (Å²) in [6, 6.07) is 6.56. The van der Waals surface area contributed by atoms with Crippen LogP contribution in [0.15, 0.2) is 24.3 Å². The van der Waals surface area contributed by atoms with E-state index in [2.05, 4.69) is 29.0 Å². The van der Waals surface area contributed by atoms with Crippen molar-refractivity contribution in [1.82, 2.24) is 10.2 Å². The summed E-state index contributed by atoms with van der Waals surface area (Å²) in [5.41, 5.74) is 0.845. The van der Waals surface area contributed by atoms with Crippen molar-refractivity contribution in [2.75, 3.05) is 31.6 Å². The maximum Gasteiger partial charge on any atom is 0.251 e. The van der Waals surface area contributed by atoms with E-state index in [1.807, 2.05) is 0 Å². The van der Waals surface area contributed by atoms with Crippen LogP contribution in [0.2, 0.25) is 0 Å². The summed E-state index contributed by atoms with van der Waals surface area (Å²) in [7, 11) is 0.792. The monoisotopic (exact) mass is 367 g/mol. The summed E-state index contributed by atoms with van der Waals surface area (Å²) in [6.07, 6.45) is 8.12. The first-order chi connectivity index (χ1) is 11.7. The molecule has 1 saturated carbocycles. The maximum absolute atomic E-state index is 12.5. The summed E-state index contributed by atoms with van der Waals surface area (Å²) < 4.78 is 25.1. The summed E-state index contributed by atoms with van der Waals surface area (Å²) in [5, 5.41) is 3.05. The Kier molecular flexibility index (Phi) is 6.46. The Balaban J connectivity index is 2.07. The first kappa shape index (κ1) is 19.7. The minimum absolute atomic E-state index is 0.00518. The topological polar surface area (TPSA) is 78.5 Å². The highest BCUT2D eigenvalue weighted by Gasteiger charge is 2.33. The summed E-state index contributed by atoms with van der Waals surface area (Å²) in [4.78, 5) is 14.8. The van der Waals surface area contributed by atoms with Gasteiger partial charge in [0.1, 0.15) is 0 Å². The molecule has 0 saturated heterocycles. The molecular formula is C18H29N3O3S. The third-order valence-electron chi connectivity index (χ3n) is 4.99. The van der Waals surface area contributed by atoms with Crippen LogP contribution in [0.5, 0.6) is 0 Å². The zero-order valence-electron chi connectivity index (χ0n) is 15.3. The molecule has 1 aromatic rings. The Bertz CT molecular complexity index is 693. The fraction of sp³-hybridized carbons (Fsp3) is 0.611. The molecular weight excluding hydrogens is 338 g/mol. The van der Waals surface area contributed by atoms with Crippen LogP contribution in [0, 0.1) is 0 Å². The molecule has 0 atom stereocenters. The number of sulfonamides is 1. The van der Waals surface area contributed by atoms with Crippen molar-refractivity contribution in [2.24, 2.45) is 0 Å². The molecule has 1 fully saturated rings. The minimum atomic E-state index is -3.36. The normalized spacial score (nSPS) is 17.8. The highest BCUT2D eigenvalue weighted by Crippen LogP contribution is 2.30. The van der Waals surface area contributed by atoms with Gasteiger partial charge in [-0.15, -0.1) is 0 Å². The molecule has 0 bridgehead atoms. The molecule has 2 rings (SSSR count). The Morgan fingerprint density at radius 1 is 1.16 bits per heavy atom. The molecule has 25 heavy (non-hydrogen) atoms. The van der Waals surface area contributed by atoms with Gasteiger partial charge in [0, 0.05) is 23.3 Å². The van der Waals surface area contributed by atoms with Gasteiger partial charge in [0.2, 0.25) is 10.0 Å². The molecule has 0 radical (unpaired) electrons. The van der Waals surface area contributed by atoms with Crippen LogP contribution < -0.4 is 10.0 Å². The van der Waals surface area contributed by atoms with Gasteiger partial charge in [-0.05, 0) is 45.1 Å². The Hall–Kier alpha value is -1.60. The van der Waals surface area contributed by atoms with E-state index in [-0.39, 0.29) is 11.4 Å². The van der Waals surface area contributed by atoms with Crippen LogP contribution in [0.3, 0.4) is 0 Å². The number of anilines is 1. The van der Waals surface area contributed by atoms with Crippen molar-refractivity contribution >= 4 is 21.6 Å². The van der Waals surface area contributed by atoms with Crippen LogP contribution in [0.25, 0.3) is 0 Å². The van der Waals surface area contributed by atoms with Crippen LogP contribution in [0.1, 0.15) is 48.9 Å². The lowest BCUT2D eigenvalue weighted by Crippen LogP contribution is -2.52. The summed E-state index contributed by atoms with van der Waals surface area (Å²) in [5.74, 6) is -0.178. The van der Waals surface area contributed by atoms with Crippen molar-refractivity contribution in [1.29, 1.82) is 0 Å². The fourth-order valence-electron chi connectivity index (χ4n) is 3.45. The number of hydrogen-bond donors (Lipinski definition) is 2. The number of carbonyl (C=O) groups is 1. The number of hydrogen-bond acceptors (Lipinski definition) is 4. The predicted octanol–water partition coefficient (Wildman–Crippen LogP) is 2.44. The summed E-state index contributed by atoms with van der Waals surface area (Å²) in [6.45, 7) is 0.600. The van der Waals surface area contributed by atoms with E-state index in [0.29, 0.717) is 17.8 Å². The molecule has 2 N–H and O–H groups in total. The second kappa shape index (κ2) is 8.19. The third-order valence-corrected chi connectivity index (χ3v) is 5.60. The number of nitrogens with zero attached hydrogens (tertiary/aromatic N) is 1. The molecule has 0 unspecified atom stereocenters. The van der Waals surface area contributed by atoms with Gasteiger partial charge in [0.25, 0.3) is 5.91 Å². The van der Waals surface area contributed by atoms with Crippen LogP contribution >= 0.6 is 0 Å². The van der Waals surface area contributed by atoms with E-state index in [4.69, 9.17) is 0 Å². The highest BCUT2D eigenvalue weighted by molar-refractivity contribution is 7.92. The number of amides is 1. The molecule has 140 valence electrons. The number of likely N-dealkylation sites (N-methyl/N-ethyl adjacent to an activating group) is 1. The lowest BCUT2D eigenvalue weighted by atomic mass is 9.88. The average Bonchev–Trinajstić information content (AvgIpc) is 2.78. The van der Waals surface area contributed by atoms with Gasteiger partial charge < -0.3 is 10.2 Å². The van der Waals surface area contributed by atoms with Crippen LogP contribution in [0.4, 0.5) is 5.69 Å². The van der Waals surface area contributed by atoms with E-state index in [0.717, 1.165) is 19.1 Å². The van der Waals surface area contributed by atoms with E-state index >= 15 is 0 Å². The van der Waals surface area contributed by atoms with Crippen molar-refractivity contribution in [3.63, 3.8) is 0 Å². The zero-order chi connectivity index (χ0) is 18.5. The van der Waals surface area contributed by atoms with Crippen molar-refractivity contribution < 1.29 is 13.2 Å². The first-order valence-electron chi connectivity index (χ1n) is 8.75. The fourth-order valence-corrected chi connectivity index (χ4v) is 4.01. The molecule has 7 heteroatoms. The zero-order valence-corrected chi connectivity index (χ0v) is 16.2. The van der Waals surface area contributed by atoms with Gasteiger partial charge in [-0.1, -0.05) is 31.7 Å². The quantitative estimate of drug-likeness (QED) is 0.757. The van der Waals surface area contributed by atoms with Gasteiger partial charge in [0.05, 0.1) is 6.26 Å². The molecule has 1 aromatic carbocycles. The molecule has 6 nitrogen and oxygen atoms in total. The van der Waals surface area contributed by atoms with E-state index in [1.165, 1.54) is 25.7 Å². The average molecular weight is 368 g/mol. The van der Waals surface area contributed by atoms with Gasteiger partial charge in [-0.3, -0.25) is 9.52 Å². The summed E-state index contributed by atoms with van der Waals surface area (Å²) >= 11 is 0. The molecule has 1 amide bonds. The lowest BCUT2D eigenvalue weighted by Gasteiger charge is -2.39. The van der Waals surface area contributed by atoms with Crippen molar-refractivity contribution in [3.8, 4) is 0 Å². The standard InChI is InChI=1S/C18H29N3O3S/c1-21(2)18(11-6-4-5-7-12-18)14-19-17(22)15-9-8-10-16(13-15)20-25(3,23)24/h8-10,13,20H,4-7,11-12,14H2,1-3H3,(H,19,22). The Labute approximate surface area is 151 Å². The molecule has 0 aliphatic heterocycles. The molecule has 1 aliphatic carbocycles. The Morgan fingerprint density at radius 3 is 2.36 bits per heavy atom. The third kappa shape index (κ3) is 5.71. The minimum Gasteiger partial charge on any atom is -0.350 e. The van der Waals surface area contributed by atoms with E-state index in [1.54, 1.807) is 24.3 Å². The van der Waals surface area contributed by atoms with Gasteiger partial charge in [-0.2, -0.15) is 0 Å². The highest BCUT2D eigenvalue weighted by atomic mass is 32.2.